The van der Waals surface area contributed by atoms with Gasteiger partial charge in [0.1, 0.15) is 16.4 Å². The second-order valence-electron chi connectivity index (χ2n) is 3.09. The zero-order valence-electron chi connectivity index (χ0n) is 9.27. The average molecular weight is 246 g/mol. The van der Waals surface area contributed by atoms with Gasteiger partial charge in [0.25, 0.3) is 10.0 Å². The standard InChI is InChI=1S/C9H14N2O4S/c1-6-4-8(15-3)9(5-7(6)14-2)16(12,13)11-10/h4-5,11H,10H2,1-3H3. The molecule has 0 bridgehead atoms. The first-order valence-corrected chi connectivity index (χ1v) is 5.89. The largest absolute Gasteiger partial charge is 0.496 e. The van der Waals surface area contributed by atoms with Gasteiger partial charge in [-0.1, -0.05) is 0 Å². The lowest BCUT2D eigenvalue weighted by molar-refractivity contribution is 0.390. The van der Waals surface area contributed by atoms with Gasteiger partial charge in [-0.15, -0.1) is 4.83 Å². The first-order chi connectivity index (χ1) is 7.46. The van der Waals surface area contributed by atoms with Gasteiger partial charge >= 0.3 is 0 Å². The number of hydrogen-bond acceptors (Lipinski definition) is 5. The lowest BCUT2D eigenvalue weighted by atomic mass is 10.2. The maximum Gasteiger partial charge on any atom is 0.256 e. The summed E-state index contributed by atoms with van der Waals surface area (Å²) >= 11 is 0. The number of methoxy groups -OCH3 is 2. The lowest BCUT2D eigenvalue weighted by Gasteiger charge is -2.12. The monoisotopic (exact) mass is 246 g/mol. The predicted molar refractivity (Wildman–Crippen MR) is 58.8 cm³/mol. The van der Waals surface area contributed by atoms with E-state index in [1.54, 1.807) is 17.8 Å². The van der Waals surface area contributed by atoms with E-state index in [2.05, 4.69) is 0 Å². The van der Waals surface area contributed by atoms with Crippen molar-refractivity contribution < 1.29 is 17.9 Å². The Labute approximate surface area is 94.4 Å². The summed E-state index contributed by atoms with van der Waals surface area (Å²) in [6, 6.07) is 2.94. The Morgan fingerprint density at radius 3 is 2.19 bits per heavy atom. The fourth-order valence-corrected chi connectivity index (χ4v) is 2.09. The van der Waals surface area contributed by atoms with Crippen molar-refractivity contribution in [3.8, 4) is 11.5 Å². The molecule has 7 heteroatoms. The summed E-state index contributed by atoms with van der Waals surface area (Å²) in [6.45, 7) is 1.79. The number of benzene rings is 1. The van der Waals surface area contributed by atoms with Crippen molar-refractivity contribution in [2.24, 2.45) is 5.84 Å². The van der Waals surface area contributed by atoms with E-state index in [1.807, 2.05) is 0 Å². The van der Waals surface area contributed by atoms with Crippen LogP contribution in [-0.2, 0) is 10.0 Å². The molecule has 1 rings (SSSR count). The van der Waals surface area contributed by atoms with Crippen LogP contribution in [0.25, 0.3) is 0 Å². The second-order valence-corrected chi connectivity index (χ2v) is 4.78. The number of hydrazine groups is 1. The molecular weight excluding hydrogens is 232 g/mol. The Hall–Kier alpha value is -1.31. The van der Waals surface area contributed by atoms with Crippen LogP contribution in [0.1, 0.15) is 5.56 Å². The van der Waals surface area contributed by atoms with E-state index >= 15 is 0 Å². The Morgan fingerprint density at radius 2 is 1.75 bits per heavy atom. The summed E-state index contributed by atoms with van der Waals surface area (Å²) in [6.07, 6.45) is 0. The molecule has 1 aromatic rings. The Morgan fingerprint density at radius 1 is 1.19 bits per heavy atom. The summed E-state index contributed by atoms with van der Waals surface area (Å²) in [5.74, 6) is 5.63. The van der Waals surface area contributed by atoms with Crippen LogP contribution in [0.4, 0.5) is 0 Å². The highest BCUT2D eigenvalue weighted by Gasteiger charge is 2.20. The van der Waals surface area contributed by atoms with Crippen LogP contribution in [0.5, 0.6) is 11.5 Å². The second kappa shape index (κ2) is 4.69. The summed E-state index contributed by atoms with van der Waals surface area (Å²) in [5.41, 5.74) is 0.773. The van der Waals surface area contributed by atoms with Crippen LogP contribution in [0.3, 0.4) is 0 Å². The molecule has 0 saturated carbocycles. The van der Waals surface area contributed by atoms with Gasteiger partial charge in [0.15, 0.2) is 0 Å². The average Bonchev–Trinajstić information content (AvgIpc) is 2.28. The normalized spacial score (nSPS) is 11.2. The number of sulfonamides is 1. The minimum Gasteiger partial charge on any atom is -0.496 e. The molecule has 0 saturated heterocycles. The molecule has 90 valence electrons. The van der Waals surface area contributed by atoms with E-state index in [-0.39, 0.29) is 10.6 Å². The van der Waals surface area contributed by atoms with Gasteiger partial charge in [-0.2, -0.15) is 0 Å². The topological polar surface area (TPSA) is 90.7 Å². The molecule has 0 fully saturated rings. The molecule has 1 aromatic carbocycles. The van der Waals surface area contributed by atoms with Gasteiger partial charge in [-0.3, -0.25) is 5.84 Å². The third-order valence-corrected chi connectivity index (χ3v) is 3.33. The van der Waals surface area contributed by atoms with Crippen LogP contribution in [0.2, 0.25) is 0 Å². The first kappa shape index (κ1) is 12.8. The molecule has 16 heavy (non-hydrogen) atoms. The van der Waals surface area contributed by atoms with E-state index in [9.17, 15) is 8.42 Å². The molecule has 0 aliphatic heterocycles. The molecule has 3 N–H and O–H groups in total. The molecule has 0 unspecified atom stereocenters. The highest BCUT2D eigenvalue weighted by atomic mass is 32.2. The van der Waals surface area contributed by atoms with Gasteiger partial charge in [0, 0.05) is 6.07 Å². The maximum absolute atomic E-state index is 11.6. The van der Waals surface area contributed by atoms with E-state index < -0.39 is 10.0 Å². The van der Waals surface area contributed by atoms with Gasteiger partial charge in [0.2, 0.25) is 0 Å². The fraction of sp³-hybridized carbons (Fsp3) is 0.333. The molecule has 0 aliphatic rings. The number of nitrogens with one attached hydrogen (secondary N) is 1. The highest BCUT2D eigenvalue weighted by Crippen LogP contribution is 2.31. The molecule has 0 heterocycles. The molecule has 0 atom stereocenters. The summed E-state index contributed by atoms with van der Waals surface area (Å²) in [4.78, 5) is 1.68. The Balaban J connectivity index is 3.48. The number of aryl methyl sites for hydroxylation is 1. The van der Waals surface area contributed by atoms with Crippen LogP contribution >= 0.6 is 0 Å². The summed E-state index contributed by atoms with van der Waals surface area (Å²) < 4.78 is 33.2. The van der Waals surface area contributed by atoms with Crippen molar-refractivity contribution in [2.45, 2.75) is 11.8 Å². The van der Waals surface area contributed by atoms with Crippen LogP contribution < -0.4 is 20.1 Å². The molecule has 0 aromatic heterocycles. The molecule has 6 nitrogen and oxygen atoms in total. The van der Waals surface area contributed by atoms with Gasteiger partial charge in [-0.25, -0.2) is 8.42 Å². The lowest BCUT2D eigenvalue weighted by Crippen LogP contribution is -2.30. The van der Waals surface area contributed by atoms with Crippen LogP contribution in [0.15, 0.2) is 17.0 Å². The Bertz CT molecular complexity index is 485. The number of ether oxygens (including phenoxy) is 2. The van der Waals surface area contributed by atoms with Gasteiger partial charge in [-0.05, 0) is 18.6 Å². The van der Waals surface area contributed by atoms with Crippen molar-refractivity contribution >= 4 is 10.0 Å². The summed E-state index contributed by atoms with van der Waals surface area (Å²) in [5, 5.41) is 0. The third-order valence-electron chi connectivity index (χ3n) is 2.13. The van der Waals surface area contributed by atoms with Gasteiger partial charge < -0.3 is 9.47 Å². The van der Waals surface area contributed by atoms with E-state index in [4.69, 9.17) is 15.3 Å². The van der Waals surface area contributed by atoms with Crippen molar-refractivity contribution in [3.63, 3.8) is 0 Å². The van der Waals surface area contributed by atoms with Crippen molar-refractivity contribution in [2.75, 3.05) is 14.2 Å². The van der Waals surface area contributed by atoms with Crippen LogP contribution in [0, 0.1) is 6.92 Å². The van der Waals surface area contributed by atoms with E-state index in [0.29, 0.717) is 5.75 Å². The maximum atomic E-state index is 11.6. The molecule has 0 aliphatic carbocycles. The van der Waals surface area contributed by atoms with E-state index in [0.717, 1.165) is 5.56 Å². The minimum absolute atomic E-state index is 0.0556. The Kier molecular flexibility index (Phi) is 3.74. The molecule has 0 radical (unpaired) electrons. The number of rotatable bonds is 4. The molecule has 0 spiro atoms. The smallest absolute Gasteiger partial charge is 0.256 e. The predicted octanol–water partition coefficient (Wildman–Crippen LogP) is 0.164. The first-order valence-electron chi connectivity index (χ1n) is 4.41. The highest BCUT2D eigenvalue weighted by molar-refractivity contribution is 7.89. The summed E-state index contributed by atoms with van der Waals surface area (Å²) in [7, 11) is -0.922. The van der Waals surface area contributed by atoms with Crippen LogP contribution in [-0.4, -0.2) is 22.6 Å². The fourth-order valence-electron chi connectivity index (χ4n) is 1.30. The zero-order valence-corrected chi connectivity index (χ0v) is 10.1. The van der Waals surface area contributed by atoms with E-state index in [1.165, 1.54) is 20.3 Å². The van der Waals surface area contributed by atoms with Crippen molar-refractivity contribution in [1.29, 1.82) is 0 Å². The van der Waals surface area contributed by atoms with Crippen molar-refractivity contribution in [1.82, 2.24) is 4.83 Å². The molecular formula is C9H14N2O4S. The quantitative estimate of drug-likeness (QED) is 0.583. The number of hydrogen-bond donors (Lipinski definition) is 2. The SMILES string of the molecule is COc1cc(S(=O)(=O)NN)c(OC)cc1C. The number of nitrogens with two attached hydrogens (primary N) is 1. The third kappa shape index (κ3) is 2.26. The minimum atomic E-state index is -3.77. The zero-order chi connectivity index (χ0) is 12.3. The molecule has 0 amide bonds. The van der Waals surface area contributed by atoms with Gasteiger partial charge in [0.05, 0.1) is 14.2 Å². The van der Waals surface area contributed by atoms with Crippen molar-refractivity contribution in [3.05, 3.63) is 17.7 Å².